The fraction of sp³-hybridized carbons (Fsp3) is 0.421. The van der Waals surface area contributed by atoms with Gasteiger partial charge in [0.05, 0.1) is 11.8 Å². The summed E-state index contributed by atoms with van der Waals surface area (Å²) in [6, 6.07) is 11.3. The molecule has 0 saturated carbocycles. The van der Waals surface area contributed by atoms with Gasteiger partial charge in [0.2, 0.25) is 0 Å². The zero-order valence-corrected chi connectivity index (χ0v) is 14.6. The number of aryl methyl sites for hydroxylation is 1. The fourth-order valence-electron chi connectivity index (χ4n) is 3.25. The van der Waals surface area contributed by atoms with Crippen molar-refractivity contribution in [2.45, 2.75) is 45.3 Å². The SMILES string of the molecule is Cc1ccc(Nc2cccc(C(=O)N3CCCC3CC(C)O)c2)nn1. The molecule has 1 fully saturated rings. The number of aliphatic hydroxyl groups is 1. The zero-order chi connectivity index (χ0) is 17.8. The Hall–Kier alpha value is -2.47. The maximum atomic E-state index is 12.9. The molecule has 6 heteroatoms. The van der Waals surface area contributed by atoms with Crippen LogP contribution in [0, 0.1) is 6.92 Å². The normalized spacial score (nSPS) is 18.2. The van der Waals surface area contributed by atoms with Gasteiger partial charge in [0.25, 0.3) is 5.91 Å². The van der Waals surface area contributed by atoms with E-state index >= 15 is 0 Å². The van der Waals surface area contributed by atoms with E-state index in [0.29, 0.717) is 17.8 Å². The van der Waals surface area contributed by atoms with Crippen molar-refractivity contribution in [3.63, 3.8) is 0 Å². The first-order valence-electron chi connectivity index (χ1n) is 8.69. The number of nitrogens with one attached hydrogen (secondary N) is 1. The van der Waals surface area contributed by atoms with Gasteiger partial charge in [-0.3, -0.25) is 4.79 Å². The van der Waals surface area contributed by atoms with Crippen molar-refractivity contribution in [1.29, 1.82) is 0 Å². The van der Waals surface area contributed by atoms with Crippen LogP contribution < -0.4 is 5.32 Å². The lowest BCUT2D eigenvalue weighted by Gasteiger charge is -2.26. The molecule has 2 unspecified atom stereocenters. The molecule has 1 saturated heterocycles. The van der Waals surface area contributed by atoms with E-state index in [2.05, 4.69) is 15.5 Å². The molecule has 6 nitrogen and oxygen atoms in total. The largest absolute Gasteiger partial charge is 0.393 e. The molecule has 132 valence electrons. The van der Waals surface area contributed by atoms with E-state index in [4.69, 9.17) is 0 Å². The summed E-state index contributed by atoms with van der Waals surface area (Å²) in [5, 5.41) is 20.9. The third-order valence-electron chi connectivity index (χ3n) is 4.43. The molecular weight excluding hydrogens is 316 g/mol. The molecule has 1 aromatic heterocycles. The van der Waals surface area contributed by atoms with Gasteiger partial charge in [0.15, 0.2) is 5.82 Å². The lowest BCUT2D eigenvalue weighted by Crippen LogP contribution is -2.37. The number of aliphatic hydroxyl groups excluding tert-OH is 1. The quantitative estimate of drug-likeness (QED) is 0.875. The number of rotatable bonds is 5. The highest BCUT2D eigenvalue weighted by Gasteiger charge is 2.30. The van der Waals surface area contributed by atoms with Crippen LogP contribution in [0.2, 0.25) is 0 Å². The van der Waals surface area contributed by atoms with Crippen molar-refractivity contribution in [3.8, 4) is 0 Å². The lowest BCUT2D eigenvalue weighted by molar-refractivity contribution is 0.0682. The molecule has 2 heterocycles. The summed E-state index contributed by atoms with van der Waals surface area (Å²) < 4.78 is 0. The highest BCUT2D eigenvalue weighted by Crippen LogP contribution is 2.25. The van der Waals surface area contributed by atoms with Crippen molar-refractivity contribution < 1.29 is 9.90 Å². The molecule has 2 atom stereocenters. The van der Waals surface area contributed by atoms with Crippen LogP contribution in [0.15, 0.2) is 36.4 Å². The number of aromatic nitrogens is 2. The second-order valence-corrected chi connectivity index (χ2v) is 6.65. The monoisotopic (exact) mass is 340 g/mol. The lowest BCUT2D eigenvalue weighted by atomic mass is 10.1. The summed E-state index contributed by atoms with van der Waals surface area (Å²) in [4.78, 5) is 14.8. The minimum Gasteiger partial charge on any atom is -0.393 e. The first-order chi connectivity index (χ1) is 12.0. The van der Waals surface area contributed by atoms with Crippen molar-refractivity contribution in [1.82, 2.24) is 15.1 Å². The van der Waals surface area contributed by atoms with Crippen LogP contribution in [0.1, 0.15) is 42.2 Å². The molecule has 0 bridgehead atoms. The van der Waals surface area contributed by atoms with Crippen LogP contribution in [0.25, 0.3) is 0 Å². The number of nitrogens with zero attached hydrogens (tertiary/aromatic N) is 3. The number of carbonyl (C=O) groups excluding carboxylic acids is 1. The van der Waals surface area contributed by atoms with Crippen LogP contribution in [-0.4, -0.2) is 44.8 Å². The minimum absolute atomic E-state index is 0.0155. The predicted octanol–water partition coefficient (Wildman–Crippen LogP) is 2.90. The molecule has 1 aliphatic heterocycles. The average Bonchev–Trinajstić information content (AvgIpc) is 3.04. The highest BCUT2D eigenvalue weighted by molar-refractivity contribution is 5.95. The summed E-state index contributed by atoms with van der Waals surface area (Å²) >= 11 is 0. The molecule has 1 amide bonds. The van der Waals surface area contributed by atoms with Gasteiger partial charge in [-0.25, -0.2) is 0 Å². The molecule has 3 rings (SSSR count). The summed E-state index contributed by atoms with van der Waals surface area (Å²) in [6.45, 7) is 4.40. The molecule has 25 heavy (non-hydrogen) atoms. The van der Waals surface area contributed by atoms with Crippen molar-refractivity contribution in [3.05, 3.63) is 47.7 Å². The van der Waals surface area contributed by atoms with E-state index in [1.807, 2.05) is 48.2 Å². The second kappa shape index (κ2) is 7.61. The zero-order valence-electron chi connectivity index (χ0n) is 14.6. The van der Waals surface area contributed by atoms with Gasteiger partial charge < -0.3 is 15.3 Å². The molecular formula is C19H24N4O2. The van der Waals surface area contributed by atoms with Crippen LogP contribution in [0.3, 0.4) is 0 Å². The fourth-order valence-corrected chi connectivity index (χ4v) is 3.25. The van der Waals surface area contributed by atoms with Crippen LogP contribution >= 0.6 is 0 Å². The maximum absolute atomic E-state index is 12.9. The van der Waals surface area contributed by atoms with Gasteiger partial charge in [-0.1, -0.05) is 6.07 Å². The van der Waals surface area contributed by atoms with E-state index in [9.17, 15) is 9.90 Å². The Morgan fingerprint density at radius 1 is 1.36 bits per heavy atom. The maximum Gasteiger partial charge on any atom is 0.254 e. The third kappa shape index (κ3) is 4.33. The summed E-state index contributed by atoms with van der Waals surface area (Å²) in [6.07, 6.45) is 2.17. The number of carbonyl (C=O) groups is 1. The summed E-state index contributed by atoms with van der Waals surface area (Å²) in [7, 11) is 0. The number of anilines is 2. The van der Waals surface area contributed by atoms with E-state index in [0.717, 1.165) is 30.8 Å². The van der Waals surface area contributed by atoms with Gasteiger partial charge in [0.1, 0.15) is 0 Å². The molecule has 0 spiro atoms. The summed E-state index contributed by atoms with van der Waals surface area (Å²) in [5.74, 6) is 0.658. The molecule has 2 aromatic rings. The van der Waals surface area contributed by atoms with Gasteiger partial charge in [0, 0.05) is 23.8 Å². The minimum atomic E-state index is -0.397. The van der Waals surface area contributed by atoms with Crippen LogP contribution in [0.5, 0.6) is 0 Å². The first kappa shape index (κ1) is 17.4. The number of amides is 1. The van der Waals surface area contributed by atoms with Crippen molar-refractivity contribution in [2.75, 3.05) is 11.9 Å². The number of benzene rings is 1. The Balaban J connectivity index is 1.74. The van der Waals surface area contributed by atoms with Gasteiger partial charge in [-0.05, 0) is 63.4 Å². The van der Waals surface area contributed by atoms with E-state index in [1.54, 1.807) is 6.92 Å². The van der Waals surface area contributed by atoms with Crippen molar-refractivity contribution >= 4 is 17.4 Å². The number of hydrogen-bond donors (Lipinski definition) is 2. The Labute approximate surface area is 147 Å². The Morgan fingerprint density at radius 3 is 2.92 bits per heavy atom. The highest BCUT2D eigenvalue weighted by atomic mass is 16.3. The van der Waals surface area contributed by atoms with E-state index < -0.39 is 6.10 Å². The van der Waals surface area contributed by atoms with Gasteiger partial charge in [-0.2, -0.15) is 5.10 Å². The third-order valence-corrected chi connectivity index (χ3v) is 4.43. The number of likely N-dealkylation sites (tertiary alicyclic amines) is 1. The topological polar surface area (TPSA) is 78.4 Å². The predicted molar refractivity (Wildman–Crippen MR) is 96.9 cm³/mol. The first-order valence-corrected chi connectivity index (χ1v) is 8.69. The standard InChI is InChI=1S/C19H24N4O2/c1-13-8-9-18(22-21-13)20-16-6-3-5-15(12-16)19(25)23-10-4-7-17(23)11-14(2)24/h3,5-6,8-9,12,14,17,24H,4,7,10-11H2,1-2H3,(H,20,22). The Bertz CT molecular complexity index is 730. The molecule has 0 radical (unpaired) electrons. The molecule has 1 aromatic carbocycles. The Kier molecular flexibility index (Phi) is 5.28. The van der Waals surface area contributed by atoms with E-state index in [1.165, 1.54) is 0 Å². The molecule has 2 N–H and O–H groups in total. The van der Waals surface area contributed by atoms with E-state index in [-0.39, 0.29) is 11.9 Å². The summed E-state index contributed by atoms with van der Waals surface area (Å²) in [5.41, 5.74) is 2.30. The smallest absolute Gasteiger partial charge is 0.254 e. The Morgan fingerprint density at radius 2 is 2.20 bits per heavy atom. The van der Waals surface area contributed by atoms with Crippen LogP contribution in [-0.2, 0) is 0 Å². The second-order valence-electron chi connectivity index (χ2n) is 6.65. The van der Waals surface area contributed by atoms with Crippen molar-refractivity contribution in [2.24, 2.45) is 0 Å². The van der Waals surface area contributed by atoms with Gasteiger partial charge in [-0.15, -0.1) is 5.10 Å². The average molecular weight is 340 g/mol. The molecule has 1 aliphatic rings. The molecule has 0 aliphatic carbocycles. The van der Waals surface area contributed by atoms with Gasteiger partial charge >= 0.3 is 0 Å². The number of hydrogen-bond acceptors (Lipinski definition) is 5. The van der Waals surface area contributed by atoms with Crippen LogP contribution in [0.4, 0.5) is 11.5 Å².